The van der Waals surface area contributed by atoms with Gasteiger partial charge in [-0.15, -0.1) is 0 Å². The lowest BCUT2D eigenvalue weighted by Crippen LogP contribution is -2.47. The van der Waals surface area contributed by atoms with Crippen molar-refractivity contribution in [3.8, 4) is 0 Å². The first-order chi connectivity index (χ1) is 15.8. The number of hydrogen-bond donors (Lipinski definition) is 2. The summed E-state index contributed by atoms with van der Waals surface area (Å²) in [6.07, 6.45) is 2.91. The molecule has 0 radical (unpaired) electrons. The van der Waals surface area contributed by atoms with Gasteiger partial charge in [-0.25, -0.2) is 13.1 Å². The maximum Gasteiger partial charge on any atom is 0.244 e. The summed E-state index contributed by atoms with van der Waals surface area (Å²) in [5, 5.41) is 2.87. The summed E-state index contributed by atoms with van der Waals surface area (Å²) >= 11 is 0. The Morgan fingerprint density at radius 3 is 2.15 bits per heavy atom. The lowest BCUT2D eigenvalue weighted by atomic mass is 9.81. The number of carbonyl (C=O) groups excluding carboxylic acids is 2. The molecule has 0 unspecified atom stereocenters. The van der Waals surface area contributed by atoms with Gasteiger partial charge in [0.2, 0.25) is 21.8 Å². The van der Waals surface area contributed by atoms with E-state index in [4.69, 9.17) is 0 Å². The Balaban J connectivity index is 1.42. The van der Waals surface area contributed by atoms with E-state index < -0.39 is 16.1 Å². The minimum Gasteiger partial charge on any atom is -0.344 e. The lowest BCUT2D eigenvalue weighted by Gasteiger charge is -2.29. The summed E-state index contributed by atoms with van der Waals surface area (Å²) in [7, 11) is -1.78. The third-order valence-electron chi connectivity index (χ3n) is 6.20. The highest BCUT2D eigenvalue weighted by Gasteiger charge is 2.29. The maximum atomic E-state index is 12.7. The van der Waals surface area contributed by atoms with Crippen molar-refractivity contribution in [2.45, 2.75) is 50.1 Å². The summed E-state index contributed by atoms with van der Waals surface area (Å²) in [6, 6.07) is 17.4. The van der Waals surface area contributed by atoms with Gasteiger partial charge in [0.1, 0.15) is 6.04 Å². The molecule has 1 aliphatic carbocycles. The van der Waals surface area contributed by atoms with E-state index in [9.17, 15) is 18.0 Å². The quantitative estimate of drug-likeness (QED) is 0.588. The molecule has 1 atom stereocenters. The van der Waals surface area contributed by atoms with Gasteiger partial charge in [-0.05, 0) is 56.2 Å². The van der Waals surface area contributed by atoms with Gasteiger partial charge in [0.15, 0.2) is 0 Å². The first-order valence-corrected chi connectivity index (χ1v) is 12.9. The molecule has 2 N–H and O–H groups in total. The highest BCUT2D eigenvalue weighted by atomic mass is 32.2. The van der Waals surface area contributed by atoms with Crippen molar-refractivity contribution in [3.05, 3.63) is 66.2 Å². The van der Waals surface area contributed by atoms with Crippen LogP contribution in [0.1, 0.15) is 38.2 Å². The van der Waals surface area contributed by atoms with E-state index in [0.717, 1.165) is 18.4 Å². The molecule has 8 heteroatoms. The largest absolute Gasteiger partial charge is 0.344 e. The first-order valence-electron chi connectivity index (χ1n) is 11.4. The number of rotatable bonds is 9. The van der Waals surface area contributed by atoms with Crippen LogP contribution in [0.5, 0.6) is 0 Å². The first kappa shape index (κ1) is 24.9. The van der Waals surface area contributed by atoms with Gasteiger partial charge in [-0.2, -0.15) is 0 Å². The number of sulfonamides is 1. The molecule has 0 heterocycles. The highest BCUT2D eigenvalue weighted by Crippen LogP contribution is 2.29. The molecule has 2 amide bonds. The molecule has 1 fully saturated rings. The van der Waals surface area contributed by atoms with Gasteiger partial charge in [-0.3, -0.25) is 9.59 Å². The molecule has 3 rings (SSSR count). The zero-order valence-corrected chi connectivity index (χ0v) is 20.1. The fourth-order valence-electron chi connectivity index (χ4n) is 4.20. The van der Waals surface area contributed by atoms with Gasteiger partial charge < -0.3 is 10.2 Å². The van der Waals surface area contributed by atoms with Crippen molar-refractivity contribution < 1.29 is 18.0 Å². The zero-order chi connectivity index (χ0) is 23.8. The Morgan fingerprint density at radius 2 is 1.55 bits per heavy atom. The average molecular weight is 472 g/mol. The van der Waals surface area contributed by atoms with Crippen molar-refractivity contribution in [2.24, 2.45) is 11.8 Å². The Labute approximate surface area is 196 Å². The van der Waals surface area contributed by atoms with Crippen LogP contribution in [-0.2, 0) is 26.2 Å². The van der Waals surface area contributed by atoms with Gasteiger partial charge in [0.05, 0.1) is 4.90 Å². The molecule has 0 bridgehead atoms. The fraction of sp³-hybridized carbons (Fsp3) is 0.440. The van der Waals surface area contributed by atoms with Gasteiger partial charge in [-0.1, -0.05) is 48.5 Å². The summed E-state index contributed by atoms with van der Waals surface area (Å²) in [5.41, 5.74) is 1.04. The number of likely N-dealkylation sites (N-methyl/N-ethyl adjacent to an activating group) is 1. The molecular weight excluding hydrogens is 438 g/mol. The molecule has 33 heavy (non-hydrogen) atoms. The molecule has 1 aliphatic rings. The second-order valence-corrected chi connectivity index (χ2v) is 10.6. The van der Waals surface area contributed by atoms with Crippen LogP contribution < -0.4 is 10.0 Å². The van der Waals surface area contributed by atoms with Crippen LogP contribution in [0.15, 0.2) is 65.6 Å². The number of benzene rings is 2. The smallest absolute Gasteiger partial charge is 0.244 e. The van der Waals surface area contributed by atoms with Crippen LogP contribution in [0, 0.1) is 11.8 Å². The topological polar surface area (TPSA) is 95.6 Å². The molecule has 7 nitrogen and oxygen atoms in total. The van der Waals surface area contributed by atoms with Crippen LogP contribution in [0.2, 0.25) is 0 Å². The predicted octanol–water partition coefficient (Wildman–Crippen LogP) is 2.93. The maximum absolute atomic E-state index is 12.7. The Kier molecular flexibility index (Phi) is 8.63. The third kappa shape index (κ3) is 7.14. The minimum atomic E-state index is -3.52. The number of amides is 2. The van der Waals surface area contributed by atoms with E-state index in [1.165, 1.54) is 0 Å². The number of nitrogens with one attached hydrogen (secondary N) is 2. The van der Waals surface area contributed by atoms with Crippen molar-refractivity contribution in [1.29, 1.82) is 0 Å². The lowest BCUT2D eigenvalue weighted by molar-refractivity contribution is -0.136. The summed E-state index contributed by atoms with van der Waals surface area (Å²) < 4.78 is 27.5. The van der Waals surface area contributed by atoms with Crippen molar-refractivity contribution in [1.82, 2.24) is 14.9 Å². The molecule has 0 spiro atoms. The fourth-order valence-corrected chi connectivity index (χ4v) is 5.34. The van der Waals surface area contributed by atoms with Gasteiger partial charge in [0.25, 0.3) is 0 Å². The SMILES string of the molecule is C[C@H](NC(=O)C1CCC(CNS(=O)(=O)c2ccccc2)CC1)C(=O)N(C)Cc1ccccc1. The Hall–Kier alpha value is -2.71. The van der Waals surface area contributed by atoms with E-state index in [-0.39, 0.29) is 28.5 Å². The molecule has 2 aromatic carbocycles. The average Bonchev–Trinajstić information content (AvgIpc) is 2.83. The monoisotopic (exact) mass is 471 g/mol. The standard InChI is InChI=1S/C25H33N3O4S/c1-19(25(30)28(2)18-21-9-5-3-6-10-21)27-24(29)22-15-13-20(14-16-22)17-26-33(31,32)23-11-7-4-8-12-23/h3-12,19-20,22,26H,13-18H2,1-2H3,(H,27,29)/t19-,20?,22?/m0/s1. The molecule has 0 saturated heterocycles. The van der Waals surface area contributed by atoms with Crippen LogP contribution in [0.4, 0.5) is 0 Å². The number of carbonyl (C=O) groups is 2. The zero-order valence-electron chi connectivity index (χ0n) is 19.2. The third-order valence-corrected chi connectivity index (χ3v) is 7.64. The normalized spacial score (nSPS) is 19.5. The molecule has 178 valence electrons. The Morgan fingerprint density at radius 1 is 0.970 bits per heavy atom. The minimum absolute atomic E-state index is 0.104. The van der Waals surface area contributed by atoms with E-state index in [1.54, 1.807) is 49.2 Å². The summed E-state index contributed by atoms with van der Waals surface area (Å²) in [6.45, 7) is 2.57. The van der Waals surface area contributed by atoms with E-state index >= 15 is 0 Å². The molecular formula is C25H33N3O4S. The van der Waals surface area contributed by atoms with Gasteiger partial charge in [0, 0.05) is 26.1 Å². The molecule has 1 saturated carbocycles. The molecule has 2 aromatic rings. The van der Waals surface area contributed by atoms with E-state index in [2.05, 4.69) is 10.0 Å². The van der Waals surface area contributed by atoms with Crippen LogP contribution in [0.25, 0.3) is 0 Å². The van der Waals surface area contributed by atoms with Crippen molar-refractivity contribution in [3.63, 3.8) is 0 Å². The summed E-state index contributed by atoms with van der Waals surface area (Å²) in [5.74, 6) is -0.186. The summed E-state index contributed by atoms with van der Waals surface area (Å²) in [4.78, 5) is 27.2. The van der Waals surface area contributed by atoms with Crippen LogP contribution in [0.3, 0.4) is 0 Å². The van der Waals surface area contributed by atoms with Crippen molar-refractivity contribution in [2.75, 3.05) is 13.6 Å². The predicted molar refractivity (Wildman–Crippen MR) is 128 cm³/mol. The second-order valence-electron chi connectivity index (χ2n) is 8.79. The molecule has 0 aromatic heterocycles. The van der Waals surface area contributed by atoms with Crippen LogP contribution in [-0.4, -0.2) is 44.8 Å². The molecule has 0 aliphatic heterocycles. The van der Waals surface area contributed by atoms with Crippen LogP contribution >= 0.6 is 0 Å². The number of nitrogens with zero attached hydrogens (tertiary/aromatic N) is 1. The highest BCUT2D eigenvalue weighted by molar-refractivity contribution is 7.89. The van der Waals surface area contributed by atoms with Crippen molar-refractivity contribution >= 4 is 21.8 Å². The number of hydrogen-bond acceptors (Lipinski definition) is 4. The second kappa shape index (κ2) is 11.4. The van der Waals surface area contributed by atoms with E-state index in [1.807, 2.05) is 30.3 Å². The Bertz CT molecular complexity index is 1020. The van der Waals surface area contributed by atoms with E-state index in [0.29, 0.717) is 25.9 Å². The van der Waals surface area contributed by atoms with Gasteiger partial charge >= 0.3 is 0 Å².